The maximum Gasteiger partial charge on any atom is 0.404 e. The smallest absolute Gasteiger partial charge is 0.404 e. The number of nitrogens with zero attached hydrogens (tertiary/aromatic N) is 1. The molecule has 8 heteroatoms. The number of rotatable bonds is 4. The van der Waals surface area contributed by atoms with E-state index in [2.05, 4.69) is 15.9 Å². The number of benzene rings is 1. The topological polar surface area (TPSA) is 52.4 Å². The Hall–Kier alpha value is -1.31. The Balaban J connectivity index is 2.86. The van der Waals surface area contributed by atoms with Gasteiger partial charge < -0.3 is 4.74 Å². The standard InChI is InChI=1S/C10H9BrF3NO3/c1-6-3-2-4-7(9(6)15(16)17)18-5-8(11)10(12,13)14/h2-4,8H,5H2,1H3. The van der Waals surface area contributed by atoms with Gasteiger partial charge in [-0.2, -0.15) is 13.2 Å². The molecule has 1 atom stereocenters. The molecule has 1 unspecified atom stereocenters. The van der Waals surface area contributed by atoms with Crippen LogP contribution in [0.3, 0.4) is 0 Å². The van der Waals surface area contributed by atoms with Crippen molar-refractivity contribution in [3.63, 3.8) is 0 Å². The summed E-state index contributed by atoms with van der Waals surface area (Å²) >= 11 is 2.42. The highest BCUT2D eigenvalue weighted by atomic mass is 79.9. The van der Waals surface area contributed by atoms with Gasteiger partial charge in [0.25, 0.3) is 0 Å². The molecular weight excluding hydrogens is 319 g/mol. The first kappa shape index (κ1) is 14.7. The summed E-state index contributed by atoms with van der Waals surface area (Å²) in [5.41, 5.74) is 0.00926. The first-order valence-electron chi connectivity index (χ1n) is 4.81. The van der Waals surface area contributed by atoms with Crippen molar-refractivity contribution in [2.75, 3.05) is 6.61 Å². The maximum absolute atomic E-state index is 12.2. The molecule has 0 heterocycles. The Kier molecular flexibility index (Phi) is 4.55. The second kappa shape index (κ2) is 5.55. The van der Waals surface area contributed by atoms with Crippen molar-refractivity contribution in [2.45, 2.75) is 17.9 Å². The summed E-state index contributed by atoms with van der Waals surface area (Å²) < 4.78 is 41.5. The minimum absolute atomic E-state index is 0.172. The molecule has 1 aromatic rings. The van der Waals surface area contributed by atoms with Crippen LogP contribution in [-0.2, 0) is 0 Å². The van der Waals surface area contributed by atoms with Gasteiger partial charge in [-0.15, -0.1) is 0 Å². The van der Waals surface area contributed by atoms with E-state index in [1.807, 2.05) is 0 Å². The Morgan fingerprint density at radius 3 is 2.61 bits per heavy atom. The van der Waals surface area contributed by atoms with Crippen LogP contribution in [-0.4, -0.2) is 22.5 Å². The van der Waals surface area contributed by atoms with E-state index < -0.39 is 22.5 Å². The fraction of sp³-hybridized carbons (Fsp3) is 0.400. The number of halogens is 4. The Labute approximate surface area is 109 Å². The molecule has 0 aromatic heterocycles. The zero-order valence-corrected chi connectivity index (χ0v) is 10.8. The van der Waals surface area contributed by atoms with Crippen molar-refractivity contribution in [1.29, 1.82) is 0 Å². The number of hydrogen-bond donors (Lipinski definition) is 0. The second-order valence-corrected chi connectivity index (χ2v) is 4.60. The summed E-state index contributed by atoms with van der Waals surface area (Å²) in [6.07, 6.45) is -4.46. The van der Waals surface area contributed by atoms with Crippen molar-refractivity contribution in [2.24, 2.45) is 0 Å². The minimum Gasteiger partial charge on any atom is -0.485 e. The van der Waals surface area contributed by atoms with E-state index in [-0.39, 0.29) is 11.4 Å². The molecule has 0 aliphatic heterocycles. The van der Waals surface area contributed by atoms with Gasteiger partial charge in [0, 0.05) is 5.56 Å². The summed E-state index contributed by atoms with van der Waals surface area (Å²) in [4.78, 5) is 8.23. The van der Waals surface area contributed by atoms with E-state index in [1.54, 1.807) is 0 Å². The third kappa shape index (κ3) is 3.59. The Bertz CT molecular complexity index is 450. The monoisotopic (exact) mass is 327 g/mol. The molecule has 0 radical (unpaired) electrons. The quantitative estimate of drug-likeness (QED) is 0.482. The van der Waals surface area contributed by atoms with Crippen LogP contribution in [0.2, 0.25) is 0 Å². The van der Waals surface area contributed by atoms with Crippen LogP contribution in [0.15, 0.2) is 18.2 Å². The molecule has 1 aromatic carbocycles. The van der Waals surface area contributed by atoms with Gasteiger partial charge >= 0.3 is 11.9 Å². The van der Waals surface area contributed by atoms with Gasteiger partial charge in [-0.1, -0.05) is 28.1 Å². The first-order valence-corrected chi connectivity index (χ1v) is 5.72. The number of alkyl halides is 4. The normalized spacial score (nSPS) is 13.2. The van der Waals surface area contributed by atoms with E-state index in [4.69, 9.17) is 4.74 Å². The molecule has 18 heavy (non-hydrogen) atoms. The zero-order valence-electron chi connectivity index (χ0n) is 9.20. The summed E-state index contributed by atoms with van der Waals surface area (Å²) in [5.74, 6) is -0.172. The number of hydrogen-bond acceptors (Lipinski definition) is 3. The fourth-order valence-corrected chi connectivity index (χ4v) is 1.37. The fourth-order valence-electron chi connectivity index (χ4n) is 1.24. The highest BCUT2D eigenvalue weighted by Crippen LogP contribution is 2.32. The van der Waals surface area contributed by atoms with E-state index in [1.165, 1.54) is 25.1 Å². The minimum atomic E-state index is -4.46. The van der Waals surface area contributed by atoms with Crippen molar-refractivity contribution in [3.05, 3.63) is 33.9 Å². The number of nitro benzene ring substituents is 1. The molecule has 0 bridgehead atoms. The lowest BCUT2D eigenvalue weighted by atomic mass is 10.2. The number of aryl methyl sites for hydroxylation is 1. The predicted octanol–water partition coefficient (Wildman–Crippen LogP) is 3.61. The van der Waals surface area contributed by atoms with Gasteiger partial charge in [0.2, 0.25) is 0 Å². The SMILES string of the molecule is Cc1cccc(OCC(Br)C(F)(F)F)c1[N+](=O)[O-]. The molecule has 0 saturated carbocycles. The summed E-state index contributed by atoms with van der Waals surface area (Å²) in [7, 11) is 0. The average molecular weight is 328 g/mol. The van der Waals surface area contributed by atoms with Gasteiger partial charge in [0.15, 0.2) is 5.75 Å². The number of para-hydroxylation sites is 1. The summed E-state index contributed by atoms with van der Waals surface area (Å²) in [6, 6.07) is 4.23. The van der Waals surface area contributed by atoms with Gasteiger partial charge in [-0.3, -0.25) is 10.1 Å². The lowest BCUT2D eigenvalue weighted by Gasteiger charge is -2.15. The molecule has 100 valence electrons. The molecule has 1 rings (SSSR count). The van der Waals surface area contributed by atoms with Crippen molar-refractivity contribution >= 4 is 21.6 Å². The molecule has 0 saturated heterocycles. The number of nitro groups is 1. The van der Waals surface area contributed by atoms with Gasteiger partial charge in [0.05, 0.1) is 4.92 Å². The molecular formula is C10H9BrF3NO3. The molecule has 0 N–H and O–H groups in total. The highest BCUT2D eigenvalue weighted by Gasteiger charge is 2.38. The molecule has 0 aliphatic rings. The molecule has 0 fully saturated rings. The molecule has 4 nitrogen and oxygen atoms in total. The largest absolute Gasteiger partial charge is 0.485 e. The lowest BCUT2D eigenvalue weighted by Crippen LogP contribution is -2.29. The van der Waals surface area contributed by atoms with E-state index >= 15 is 0 Å². The van der Waals surface area contributed by atoms with Crippen LogP contribution in [0, 0.1) is 17.0 Å². The van der Waals surface area contributed by atoms with Crippen molar-refractivity contribution in [3.8, 4) is 5.75 Å². The van der Waals surface area contributed by atoms with Gasteiger partial charge in [-0.25, -0.2) is 0 Å². The third-order valence-electron chi connectivity index (χ3n) is 2.12. The predicted molar refractivity (Wildman–Crippen MR) is 62.1 cm³/mol. The van der Waals surface area contributed by atoms with Gasteiger partial charge in [-0.05, 0) is 13.0 Å². The van der Waals surface area contributed by atoms with Crippen LogP contribution in [0.25, 0.3) is 0 Å². The van der Waals surface area contributed by atoms with E-state index in [0.717, 1.165) is 0 Å². The molecule has 0 aliphatic carbocycles. The highest BCUT2D eigenvalue weighted by molar-refractivity contribution is 9.09. The molecule has 0 amide bonds. The van der Waals surface area contributed by atoms with E-state index in [0.29, 0.717) is 5.56 Å². The van der Waals surface area contributed by atoms with Crippen molar-refractivity contribution in [1.82, 2.24) is 0 Å². The lowest BCUT2D eigenvalue weighted by molar-refractivity contribution is -0.386. The van der Waals surface area contributed by atoms with Crippen LogP contribution in [0.5, 0.6) is 5.75 Å². The van der Waals surface area contributed by atoms with Crippen molar-refractivity contribution < 1.29 is 22.8 Å². The Morgan fingerprint density at radius 1 is 1.50 bits per heavy atom. The number of ether oxygens (including phenoxy) is 1. The van der Waals surface area contributed by atoms with Gasteiger partial charge in [0.1, 0.15) is 11.4 Å². The van der Waals surface area contributed by atoms with Crippen LogP contribution < -0.4 is 4.74 Å². The van der Waals surface area contributed by atoms with E-state index in [9.17, 15) is 23.3 Å². The van der Waals surface area contributed by atoms with Crippen LogP contribution in [0.1, 0.15) is 5.56 Å². The second-order valence-electron chi connectivity index (χ2n) is 3.50. The Morgan fingerprint density at radius 2 is 2.11 bits per heavy atom. The zero-order chi connectivity index (χ0) is 13.9. The summed E-state index contributed by atoms with van der Waals surface area (Å²) in [6.45, 7) is 0.758. The maximum atomic E-state index is 12.2. The third-order valence-corrected chi connectivity index (χ3v) is 2.91. The average Bonchev–Trinajstić information content (AvgIpc) is 2.23. The van der Waals surface area contributed by atoms with Crippen LogP contribution >= 0.6 is 15.9 Å². The first-order chi connectivity index (χ1) is 8.23. The van der Waals surface area contributed by atoms with Crippen LogP contribution in [0.4, 0.5) is 18.9 Å². The molecule has 0 spiro atoms. The summed E-state index contributed by atoms with van der Waals surface area (Å²) in [5, 5.41) is 10.8.